The number of halogens is 2. The third-order valence-corrected chi connectivity index (χ3v) is 3.84. The lowest BCUT2D eigenvalue weighted by molar-refractivity contribution is -0.117. The van der Waals surface area contributed by atoms with Crippen molar-refractivity contribution >= 4 is 49.1 Å². The minimum Gasteiger partial charge on any atom is -0.396 e. The van der Waals surface area contributed by atoms with Crippen LogP contribution in [-0.2, 0) is 4.79 Å². The van der Waals surface area contributed by atoms with Crippen molar-refractivity contribution in [3.05, 3.63) is 15.3 Å². The topological polar surface area (TPSA) is 59.2 Å². The molecule has 1 aliphatic heterocycles. The maximum atomic E-state index is 11.9. The molecule has 1 saturated heterocycles. The van der Waals surface area contributed by atoms with E-state index in [9.17, 15) is 4.79 Å². The molecule has 1 unspecified atom stereocenters. The zero-order chi connectivity index (χ0) is 12.6. The lowest BCUT2D eigenvalue weighted by atomic mass is 10.1. The molecule has 0 aliphatic carbocycles. The smallest absolute Gasteiger partial charge is 0.228 e. The Bertz CT molecular complexity index is 524. The monoisotopic (exact) mass is 357 g/mol. The highest BCUT2D eigenvalue weighted by molar-refractivity contribution is 9.11. The Kier molecular flexibility index (Phi) is 3.40. The molecule has 1 amide bonds. The molecule has 1 aromatic rings. The van der Waals surface area contributed by atoms with Crippen LogP contribution >= 0.6 is 31.9 Å². The first-order valence-corrected chi connectivity index (χ1v) is 6.49. The molecular weight excluding hydrogens is 350 g/mol. The number of hydrogen-bond acceptors (Lipinski definition) is 3. The van der Waals surface area contributed by atoms with E-state index in [0.29, 0.717) is 33.4 Å². The van der Waals surface area contributed by atoms with Gasteiger partial charge in [0.15, 0.2) is 0 Å². The Balaban J connectivity index is 2.45. The van der Waals surface area contributed by atoms with Crippen LogP contribution in [0.5, 0.6) is 0 Å². The van der Waals surface area contributed by atoms with Crippen LogP contribution in [0.4, 0.5) is 11.4 Å². The lowest BCUT2D eigenvalue weighted by Crippen LogP contribution is -2.26. The number of nitrogens with two attached hydrogens (primary N) is 1. The Hall–Kier alpha value is -1.06. The molecule has 1 aliphatic rings. The van der Waals surface area contributed by atoms with Crippen molar-refractivity contribution in [3.63, 3.8) is 0 Å². The van der Waals surface area contributed by atoms with Gasteiger partial charge in [-0.3, -0.25) is 4.79 Å². The summed E-state index contributed by atoms with van der Waals surface area (Å²) in [5.74, 6) is 2.51. The van der Waals surface area contributed by atoms with Gasteiger partial charge in [0.25, 0.3) is 0 Å². The molecule has 88 valence electrons. The average molecular weight is 359 g/mol. The van der Waals surface area contributed by atoms with Crippen LogP contribution < -0.4 is 10.6 Å². The molecule has 6 heteroatoms. The van der Waals surface area contributed by atoms with E-state index < -0.39 is 0 Å². The van der Waals surface area contributed by atoms with E-state index in [1.54, 1.807) is 11.1 Å². The molecule has 2 rings (SSSR count). The van der Waals surface area contributed by atoms with Crippen molar-refractivity contribution in [2.45, 2.75) is 6.42 Å². The molecule has 0 spiro atoms. The fourth-order valence-corrected chi connectivity index (χ4v) is 2.58. The summed E-state index contributed by atoms with van der Waals surface area (Å²) in [5, 5.41) is 0. The van der Waals surface area contributed by atoms with Crippen LogP contribution in [-0.4, -0.2) is 17.4 Å². The number of aromatic nitrogens is 1. The molecule has 0 aromatic carbocycles. The predicted molar refractivity (Wildman–Crippen MR) is 73.3 cm³/mol. The SMILES string of the molecule is C#CC1CC(=O)N(c2c(Br)ncc(Br)c2N)C1. The number of terminal acetylenes is 1. The molecule has 0 radical (unpaired) electrons. The van der Waals surface area contributed by atoms with Crippen molar-refractivity contribution in [2.75, 3.05) is 17.2 Å². The van der Waals surface area contributed by atoms with Gasteiger partial charge >= 0.3 is 0 Å². The molecule has 1 atom stereocenters. The van der Waals surface area contributed by atoms with E-state index in [1.165, 1.54) is 0 Å². The third kappa shape index (κ3) is 2.17. The fraction of sp³-hybridized carbons (Fsp3) is 0.273. The number of carbonyl (C=O) groups is 1. The standard InChI is InChI=1S/C11H9Br2N3O/c1-2-6-3-8(17)16(5-6)10-9(14)7(12)4-15-11(10)13/h1,4,6H,3,5H2,(H2,14,15). The Morgan fingerprint density at radius 3 is 2.88 bits per heavy atom. The van der Waals surface area contributed by atoms with E-state index in [2.05, 4.69) is 42.8 Å². The number of amides is 1. The predicted octanol–water partition coefficient (Wildman–Crippen LogP) is 2.17. The van der Waals surface area contributed by atoms with Crippen molar-refractivity contribution in [1.29, 1.82) is 0 Å². The first kappa shape index (κ1) is 12.4. The van der Waals surface area contributed by atoms with E-state index in [0.717, 1.165) is 0 Å². The Labute approximate surface area is 116 Å². The third-order valence-electron chi connectivity index (χ3n) is 2.63. The van der Waals surface area contributed by atoms with Crippen LogP contribution in [0.15, 0.2) is 15.3 Å². The van der Waals surface area contributed by atoms with Gasteiger partial charge in [0.05, 0.1) is 10.2 Å². The van der Waals surface area contributed by atoms with Crippen LogP contribution in [0.2, 0.25) is 0 Å². The average Bonchev–Trinajstić information content (AvgIpc) is 2.66. The van der Waals surface area contributed by atoms with E-state index in [4.69, 9.17) is 12.2 Å². The summed E-state index contributed by atoms with van der Waals surface area (Å²) in [7, 11) is 0. The van der Waals surface area contributed by atoms with Crippen LogP contribution in [0.25, 0.3) is 0 Å². The summed E-state index contributed by atoms with van der Waals surface area (Å²) >= 11 is 6.60. The molecule has 17 heavy (non-hydrogen) atoms. The van der Waals surface area contributed by atoms with Crippen molar-refractivity contribution in [2.24, 2.45) is 5.92 Å². The van der Waals surface area contributed by atoms with Gasteiger partial charge in [-0.05, 0) is 31.9 Å². The summed E-state index contributed by atoms with van der Waals surface area (Å²) in [6, 6.07) is 0. The molecule has 2 heterocycles. The summed E-state index contributed by atoms with van der Waals surface area (Å²) in [4.78, 5) is 17.6. The highest BCUT2D eigenvalue weighted by Crippen LogP contribution is 2.38. The number of nitrogen functional groups attached to an aromatic ring is 1. The minimum atomic E-state index is -0.0622. The van der Waals surface area contributed by atoms with Crippen LogP contribution in [0.3, 0.4) is 0 Å². The van der Waals surface area contributed by atoms with Gasteiger partial charge in [-0.25, -0.2) is 4.98 Å². The first-order chi connectivity index (χ1) is 8.04. The maximum absolute atomic E-state index is 11.9. The molecule has 1 aromatic heterocycles. The van der Waals surface area contributed by atoms with Crippen molar-refractivity contribution in [3.8, 4) is 12.3 Å². The van der Waals surface area contributed by atoms with Crippen LogP contribution in [0, 0.1) is 18.3 Å². The normalized spacial score (nSPS) is 19.5. The van der Waals surface area contributed by atoms with Gasteiger partial charge in [-0.2, -0.15) is 0 Å². The molecule has 4 nitrogen and oxygen atoms in total. The van der Waals surface area contributed by atoms with Gasteiger partial charge in [0, 0.05) is 25.1 Å². The Morgan fingerprint density at radius 2 is 2.29 bits per heavy atom. The summed E-state index contributed by atoms with van der Waals surface area (Å²) in [6.07, 6.45) is 7.29. The molecular formula is C11H9Br2N3O. The van der Waals surface area contributed by atoms with Gasteiger partial charge < -0.3 is 10.6 Å². The van der Waals surface area contributed by atoms with Gasteiger partial charge in [-0.1, -0.05) is 0 Å². The summed E-state index contributed by atoms with van der Waals surface area (Å²) < 4.78 is 1.21. The van der Waals surface area contributed by atoms with Gasteiger partial charge in [-0.15, -0.1) is 12.3 Å². The first-order valence-electron chi connectivity index (χ1n) is 4.90. The number of nitrogens with zero attached hydrogens (tertiary/aromatic N) is 2. The number of pyridine rings is 1. The highest BCUT2D eigenvalue weighted by atomic mass is 79.9. The van der Waals surface area contributed by atoms with E-state index in [-0.39, 0.29) is 11.8 Å². The lowest BCUT2D eigenvalue weighted by Gasteiger charge is -2.19. The number of hydrogen-bond donors (Lipinski definition) is 1. The second-order valence-electron chi connectivity index (χ2n) is 3.73. The van der Waals surface area contributed by atoms with Gasteiger partial charge in [0.1, 0.15) is 10.3 Å². The number of anilines is 2. The van der Waals surface area contributed by atoms with Crippen LogP contribution in [0.1, 0.15) is 6.42 Å². The second-order valence-corrected chi connectivity index (χ2v) is 5.34. The zero-order valence-electron chi connectivity index (χ0n) is 8.78. The second kappa shape index (κ2) is 4.67. The summed E-state index contributed by atoms with van der Waals surface area (Å²) in [6.45, 7) is 0.482. The number of carbonyl (C=O) groups excluding carboxylic acids is 1. The largest absolute Gasteiger partial charge is 0.396 e. The van der Waals surface area contributed by atoms with Gasteiger partial charge in [0.2, 0.25) is 5.91 Å². The quantitative estimate of drug-likeness (QED) is 0.618. The molecule has 1 fully saturated rings. The van der Waals surface area contributed by atoms with E-state index >= 15 is 0 Å². The zero-order valence-corrected chi connectivity index (χ0v) is 12.0. The summed E-state index contributed by atoms with van der Waals surface area (Å²) in [5.41, 5.74) is 7.02. The maximum Gasteiger partial charge on any atom is 0.228 e. The molecule has 2 N–H and O–H groups in total. The number of rotatable bonds is 1. The highest BCUT2D eigenvalue weighted by Gasteiger charge is 2.32. The fourth-order valence-electron chi connectivity index (χ4n) is 1.76. The van der Waals surface area contributed by atoms with Crippen molar-refractivity contribution < 1.29 is 4.79 Å². The molecule has 0 bridgehead atoms. The Morgan fingerprint density at radius 1 is 1.59 bits per heavy atom. The minimum absolute atomic E-state index is 0.0275. The van der Waals surface area contributed by atoms with E-state index in [1.807, 2.05) is 0 Å². The molecule has 0 saturated carbocycles. The van der Waals surface area contributed by atoms with Crippen molar-refractivity contribution in [1.82, 2.24) is 4.98 Å².